The second-order valence-corrected chi connectivity index (χ2v) is 9.67. The second-order valence-electron chi connectivity index (χ2n) is 7.65. The largest absolute Gasteiger partial charge is 0.494 e. The number of rotatable bonds is 4. The first-order valence-corrected chi connectivity index (χ1v) is 11.8. The molecule has 1 heterocycles. The number of aryl methyl sites for hydroxylation is 1. The van der Waals surface area contributed by atoms with E-state index in [-0.39, 0.29) is 16.6 Å². The van der Waals surface area contributed by atoms with Crippen molar-refractivity contribution in [1.82, 2.24) is 0 Å². The van der Waals surface area contributed by atoms with E-state index in [4.69, 9.17) is 4.74 Å². The third-order valence-electron chi connectivity index (χ3n) is 5.44. The Morgan fingerprint density at radius 1 is 1.09 bits per heavy atom. The number of halogens is 1. The maximum Gasteiger partial charge on any atom is 0.263 e. The predicted molar refractivity (Wildman–Crippen MR) is 123 cm³/mol. The summed E-state index contributed by atoms with van der Waals surface area (Å²) in [5, 5.41) is 9.49. The van der Waals surface area contributed by atoms with Crippen LogP contribution in [-0.4, -0.2) is 27.7 Å². The van der Waals surface area contributed by atoms with Crippen LogP contribution in [0.1, 0.15) is 22.3 Å². The van der Waals surface area contributed by atoms with E-state index >= 15 is 0 Å². The van der Waals surface area contributed by atoms with Crippen LogP contribution in [0.15, 0.2) is 59.5 Å². The van der Waals surface area contributed by atoms with Gasteiger partial charge in [-0.15, -0.1) is 0 Å². The Kier molecular flexibility index (Phi) is 5.52. The molecule has 0 fully saturated rings. The van der Waals surface area contributed by atoms with Gasteiger partial charge >= 0.3 is 0 Å². The minimum atomic E-state index is -3.39. The molecule has 0 radical (unpaired) electrons. The molecule has 0 N–H and O–H groups in total. The lowest BCUT2D eigenvalue weighted by atomic mass is 9.99. The summed E-state index contributed by atoms with van der Waals surface area (Å²) in [6, 6.07) is 15.9. The number of amides is 1. The summed E-state index contributed by atoms with van der Waals surface area (Å²) in [6.45, 7) is 1.77. The molecule has 0 aromatic heterocycles. The molecule has 1 aliphatic rings. The monoisotopic (exact) mass is 462 g/mol. The van der Waals surface area contributed by atoms with Gasteiger partial charge in [0, 0.05) is 17.5 Å². The minimum absolute atomic E-state index is 0.0882. The number of hydrogen-bond acceptors (Lipinski definition) is 5. The topological polar surface area (TPSA) is 87.5 Å². The average Bonchev–Trinajstić information content (AvgIpc) is 3.03. The molecule has 0 saturated heterocycles. The number of carbonyl (C=O) groups is 1. The predicted octanol–water partition coefficient (Wildman–Crippen LogP) is 4.64. The number of sulfone groups is 1. The maximum atomic E-state index is 14.2. The Bertz CT molecular complexity index is 1470. The fourth-order valence-corrected chi connectivity index (χ4v) is 4.37. The van der Waals surface area contributed by atoms with E-state index in [9.17, 15) is 22.9 Å². The molecule has 8 heteroatoms. The lowest BCUT2D eigenvalue weighted by molar-refractivity contribution is -0.112. The number of ether oxygens (including phenoxy) is 1. The van der Waals surface area contributed by atoms with Crippen molar-refractivity contribution in [1.29, 1.82) is 5.26 Å². The highest BCUT2D eigenvalue weighted by atomic mass is 32.2. The SMILES string of the molecule is COc1ccc(/C=C2\C(=O)N(c3ccc(S(C)(=O)=O)cc3)c3cc(C)c(C#N)cc32)cc1F. The molecule has 33 heavy (non-hydrogen) atoms. The van der Waals surface area contributed by atoms with Crippen LogP contribution < -0.4 is 9.64 Å². The first-order valence-electron chi connectivity index (χ1n) is 9.89. The fraction of sp³-hybridized carbons (Fsp3) is 0.120. The van der Waals surface area contributed by atoms with Crippen molar-refractivity contribution in [3.05, 3.63) is 82.7 Å². The molecule has 0 bridgehead atoms. The number of carbonyl (C=O) groups excluding carboxylic acids is 1. The first kappa shape index (κ1) is 22.2. The number of methoxy groups -OCH3 is 1. The lowest BCUT2D eigenvalue weighted by Gasteiger charge is -2.18. The van der Waals surface area contributed by atoms with E-state index in [2.05, 4.69) is 6.07 Å². The minimum Gasteiger partial charge on any atom is -0.494 e. The van der Waals surface area contributed by atoms with E-state index in [1.165, 1.54) is 36.3 Å². The molecule has 0 saturated carbocycles. The fourth-order valence-electron chi connectivity index (χ4n) is 3.74. The van der Waals surface area contributed by atoms with Crippen molar-refractivity contribution in [2.24, 2.45) is 0 Å². The quantitative estimate of drug-likeness (QED) is 0.527. The zero-order valence-electron chi connectivity index (χ0n) is 18.1. The molecule has 166 valence electrons. The van der Waals surface area contributed by atoms with Crippen LogP contribution in [0.2, 0.25) is 0 Å². The number of anilines is 2. The third-order valence-corrected chi connectivity index (χ3v) is 6.57. The summed E-state index contributed by atoms with van der Waals surface area (Å²) in [5.41, 5.74) is 3.42. The van der Waals surface area contributed by atoms with Crippen LogP contribution in [0.25, 0.3) is 11.6 Å². The van der Waals surface area contributed by atoms with Gasteiger partial charge in [-0.05, 0) is 72.7 Å². The van der Waals surface area contributed by atoms with Crippen molar-refractivity contribution in [2.75, 3.05) is 18.3 Å². The summed E-state index contributed by atoms with van der Waals surface area (Å²) in [4.78, 5) is 15.1. The zero-order chi connectivity index (χ0) is 23.9. The van der Waals surface area contributed by atoms with Gasteiger partial charge in [-0.1, -0.05) is 6.07 Å². The Balaban J connectivity index is 1.88. The van der Waals surface area contributed by atoms with E-state index in [1.807, 2.05) is 0 Å². The maximum absolute atomic E-state index is 14.2. The average molecular weight is 463 g/mol. The van der Waals surface area contributed by atoms with E-state index in [0.717, 1.165) is 6.26 Å². The molecule has 0 spiro atoms. The number of hydrogen-bond donors (Lipinski definition) is 0. The summed E-state index contributed by atoms with van der Waals surface area (Å²) in [7, 11) is -2.02. The molecule has 0 aliphatic carbocycles. The molecular formula is C25H19FN2O4S. The highest BCUT2D eigenvalue weighted by Crippen LogP contribution is 2.43. The van der Waals surface area contributed by atoms with Gasteiger partial charge in [0.05, 0.1) is 34.9 Å². The normalized spacial score (nSPS) is 14.3. The Morgan fingerprint density at radius 3 is 2.36 bits per heavy atom. The first-order chi connectivity index (χ1) is 15.6. The van der Waals surface area contributed by atoms with Crippen LogP contribution in [0.4, 0.5) is 15.8 Å². The van der Waals surface area contributed by atoms with Crippen molar-refractivity contribution in [3.63, 3.8) is 0 Å². The van der Waals surface area contributed by atoms with Crippen LogP contribution in [0, 0.1) is 24.1 Å². The van der Waals surface area contributed by atoms with E-state index in [1.54, 1.807) is 43.3 Å². The van der Waals surface area contributed by atoms with Gasteiger partial charge < -0.3 is 4.74 Å². The number of fused-ring (bicyclic) bond motifs is 1. The van der Waals surface area contributed by atoms with Crippen LogP contribution in [0.5, 0.6) is 5.75 Å². The number of nitriles is 1. The Morgan fingerprint density at radius 2 is 1.79 bits per heavy atom. The van der Waals surface area contributed by atoms with Gasteiger partial charge in [-0.2, -0.15) is 5.26 Å². The smallest absolute Gasteiger partial charge is 0.263 e. The molecule has 3 aromatic carbocycles. The highest BCUT2D eigenvalue weighted by molar-refractivity contribution is 7.90. The van der Waals surface area contributed by atoms with Gasteiger partial charge in [0.1, 0.15) is 0 Å². The molecule has 0 unspecified atom stereocenters. The Labute approximate surface area is 191 Å². The molecule has 0 atom stereocenters. The standard InChI is InChI=1S/C25H19FN2O4S/c1-15-10-23-20(13-17(15)14-27)21(11-16-4-9-24(32-2)22(26)12-16)25(29)28(23)18-5-7-19(8-6-18)33(3,30)31/h4-13H,1-3H3/b21-11-. The third kappa shape index (κ3) is 3.99. The van der Waals surface area contributed by atoms with E-state index in [0.29, 0.717) is 39.2 Å². The van der Waals surface area contributed by atoms with Gasteiger partial charge in [-0.25, -0.2) is 12.8 Å². The van der Waals surface area contributed by atoms with Gasteiger partial charge in [0.15, 0.2) is 21.4 Å². The van der Waals surface area contributed by atoms with Gasteiger partial charge in [0.25, 0.3) is 5.91 Å². The molecule has 3 aromatic rings. The second kappa shape index (κ2) is 8.19. The number of benzene rings is 3. The summed E-state index contributed by atoms with van der Waals surface area (Å²) < 4.78 is 42.8. The van der Waals surface area contributed by atoms with Crippen molar-refractivity contribution in [2.45, 2.75) is 11.8 Å². The highest BCUT2D eigenvalue weighted by Gasteiger charge is 2.34. The summed E-state index contributed by atoms with van der Waals surface area (Å²) in [6.07, 6.45) is 2.67. The zero-order valence-corrected chi connectivity index (χ0v) is 18.9. The van der Waals surface area contributed by atoms with Gasteiger partial charge in [0.2, 0.25) is 0 Å². The van der Waals surface area contributed by atoms with Crippen molar-refractivity contribution < 1.29 is 22.3 Å². The molecule has 1 amide bonds. The van der Waals surface area contributed by atoms with Gasteiger partial charge in [-0.3, -0.25) is 9.69 Å². The summed E-state index contributed by atoms with van der Waals surface area (Å²) >= 11 is 0. The Hall–Kier alpha value is -3.96. The lowest BCUT2D eigenvalue weighted by Crippen LogP contribution is -2.20. The summed E-state index contributed by atoms with van der Waals surface area (Å²) in [5.74, 6) is -0.847. The van der Waals surface area contributed by atoms with Crippen LogP contribution in [0.3, 0.4) is 0 Å². The van der Waals surface area contributed by atoms with Crippen molar-refractivity contribution in [3.8, 4) is 11.8 Å². The number of nitrogens with zero attached hydrogens (tertiary/aromatic N) is 2. The molecule has 6 nitrogen and oxygen atoms in total. The van der Waals surface area contributed by atoms with Crippen molar-refractivity contribution >= 4 is 38.8 Å². The van der Waals surface area contributed by atoms with Crippen LogP contribution >= 0.6 is 0 Å². The molecular weight excluding hydrogens is 443 g/mol. The molecule has 1 aliphatic heterocycles. The van der Waals surface area contributed by atoms with E-state index < -0.39 is 15.7 Å². The molecule has 4 rings (SSSR count). The van der Waals surface area contributed by atoms with Crippen LogP contribution in [-0.2, 0) is 14.6 Å².